The molecule has 9 heteroatoms. The molecule has 2 unspecified atom stereocenters. The Bertz CT molecular complexity index is 913. The summed E-state index contributed by atoms with van der Waals surface area (Å²) in [6.07, 6.45) is -1.12. The molecule has 2 atom stereocenters. The first-order chi connectivity index (χ1) is 11.9. The highest BCUT2D eigenvalue weighted by Crippen LogP contribution is 2.25. The Kier molecular flexibility index (Phi) is 4.76. The summed E-state index contributed by atoms with van der Waals surface area (Å²) in [5.74, 6) is 0.0394. The van der Waals surface area contributed by atoms with E-state index in [9.17, 15) is 13.0 Å². The molecule has 0 aliphatic rings. The molecule has 0 N–H and O–H groups in total. The predicted molar refractivity (Wildman–Crippen MR) is 91.3 cm³/mol. The fourth-order valence-electron chi connectivity index (χ4n) is 2.48. The van der Waals surface area contributed by atoms with Gasteiger partial charge in [-0.25, -0.2) is 8.78 Å². The Balaban J connectivity index is 1.91. The maximum atomic E-state index is 13.0. The second-order valence-corrected chi connectivity index (χ2v) is 7.01. The van der Waals surface area contributed by atoms with Gasteiger partial charge in [0, 0.05) is 29.0 Å². The molecule has 0 fully saturated rings. The second kappa shape index (κ2) is 6.83. The van der Waals surface area contributed by atoms with Crippen molar-refractivity contribution in [3.05, 3.63) is 47.8 Å². The number of halogens is 2. The summed E-state index contributed by atoms with van der Waals surface area (Å²) in [5, 5.41) is 11.4. The van der Waals surface area contributed by atoms with Gasteiger partial charge in [-0.3, -0.25) is 4.21 Å². The molecule has 0 aliphatic heterocycles. The van der Waals surface area contributed by atoms with Crippen LogP contribution in [-0.4, -0.2) is 37.3 Å². The Hall–Kier alpha value is -2.42. The van der Waals surface area contributed by atoms with E-state index in [2.05, 4.69) is 15.3 Å². The first-order valence-electron chi connectivity index (χ1n) is 7.55. The highest BCUT2D eigenvalue weighted by Gasteiger charge is 2.19. The van der Waals surface area contributed by atoms with Crippen LogP contribution in [0.15, 0.2) is 41.3 Å². The summed E-state index contributed by atoms with van der Waals surface area (Å²) in [6, 6.07) is 10.7. The van der Waals surface area contributed by atoms with Crippen molar-refractivity contribution in [3.8, 4) is 0 Å². The van der Waals surface area contributed by atoms with E-state index in [1.165, 1.54) is 0 Å². The van der Waals surface area contributed by atoms with Crippen LogP contribution in [0.5, 0.6) is 0 Å². The van der Waals surface area contributed by atoms with Crippen molar-refractivity contribution in [2.45, 2.75) is 24.3 Å². The molecule has 0 bridgehead atoms. The van der Waals surface area contributed by atoms with Crippen molar-refractivity contribution in [2.75, 3.05) is 18.2 Å². The third kappa shape index (κ3) is 3.37. The number of hydrogen-bond donors (Lipinski definition) is 0. The third-order valence-electron chi connectivity index (χ3n) is 4.10. The zero-order valence-electron chi connectivity index (χ0n) is 13.9. The topological polar surface area (TPSA) is 63.4 Å². The lowest BCUT2D eigenvalue weighted by Crippen LogP contribution is -2.23. The lowest BCUT2D eigenvalue weighted by molar-refractivity contribution is 0.137. The molecule has 0 aliphatic carbocycles. The Morgan fingerprint density at radius 1 is 1.12 bits per heavy atom. The number of benzene rings is 1. The molecule has 3 rings (SSSR count). The number of rotatable bonds is 5. The minimum atomic E-state index is -2.75. The molecule has 0 saturated carbocycles. The maximum absolute atomic E-state index is 13.0. The molecule has 25 heavy (non-hydrogen) atoms. The normalized spacial score (nSPS) is 14.0. The maximum Gasteiger partial charge on any atom is 0.299 e. The molecule has 6 nitrogen and oxygen atoms in total. The highest BCUT2D eigenvalue weighted by atomic mass is 32.2. The molecule has 3 aromatic rings. The van der Waals surface area contributed by atoms with Crippen LogP contribution in [0.1, 0.15) is 30.8 Å². The summed E-state index contributed by atoms with van der Waals surface area (Å²) < 4.78 is 38.5. The number of nitrogens with zero attached hydrogens (tertiary/aromatic N) is 5. The van der Waals surface area contributed by atoms with Crippen molar-refractivity contribution in [3.63, 3.8) is 0 Å². The van der Waals surface area contributed by atoms with Crippen LogP contribution >= 0.6 is 0 Å². The van der Waals surface area contributed by atoms with Crippen LogP contribution in [0.2, 0.25) is 0 Å². The number of alkyl halides is 2. The standard InChI is InChI=1S/C16H17F2N5OS/c1-10(11-4-6-12(7-5-11)25(3)24)22(2)14-9-8-13-19-20-16(15(17)18)23(13)21-14/h4-10,15H,1-3H3. The van der Waals surface area contributed by atoms with Crippen molar-refractivity contribution < 1.29 is 13.0 Å². The molecule has 1 aromatic carbocycles. The highest BCUT2D eigenvalue weighted by molar-refractivity contribution is 7.84. The number of anilines is 1. The van der Waals surface area contributed by atoms with Crippen LogP contribution in [0.3, 0.4) is 0 Å². The van der Waals surface area contributed by atoms with Crippen molar-refractivity contribution in [1.82, 2.24) is 19.8 Å². The van der Waals surface area contributed by atoms with E-state index in [0.29, 0.717) is 5.82 Å². The molecular formula is C16H17F2N5OS. The van der Waals surface area contributed by atoms with Gasteiger partial charge in [-0.05, 0) is 36.8 Å². The van der Waals surface area contributed by atoms with Crippen molar-refractivity contribution in [1.29, 1.82) is 0 Å². The quantitative estimate of drug-likeness (QED) is 0.696. The SMILES string of the molecule is CC(c1ccc(S(C)=O)cc1)N(C)c1ccc2nnc(C(F)F)n2n1. The van der Waals surface area contributed by atoms with E-state index < -0.39 is 23.0 Å². The first kappa shape index (κ1) is 17.4. The van der Waals surface area contributed by atoms with Crippen LogP contribution in [0.4, 0.5) is 14.6 Å². The van der Waals surface area contributed by atoms with Gasteiger partial charge in [0.15, 0.2) is 5.65 Å². The fourth-order valence-corrected chi connectivity index (χ4v) is 3.00. The summed E-state index contributed by atoms with van der Waals surface area (Å²) in [6.45, 7) is 1.98. The lowest BCUT2D eigenvalue weighted by atomic mass is 10.1. The summed E-state index contributed by atoms with van der Waals surface area (Å²) in [4.78, 5) is 2.62. The molecule has 0 spiro atoms. The fraction of sp³-hybridized carbons (Fsp3) is 0.312. The molecule has 0 amide bonds. The van der Waals surface area contributed by atoms with Crippen LogP contribution in [0, 0.1) is 0 Å². The van der Waals surface area contributed by atoms with Gasteiger partial charge in [0.1, 0.15) is 5.82 Å². The zero-order valence-corrected chi connectivity index (χ0v) is 14.7. The van der Waals surface area contributed by atoms with Crippen molar-refractivity contribution in [2.24, 2.45) is 0 Å². The Morgan fingerprint density at radius 3 is 2.40 bits per heavy atom. The van der Waals surface area contributed by atoms with Crippen LogP contribution in [-0.2, 0) is 10.8 Å². The van der Waals surface area contributed by atoms with Gasteiger partial charge in [0.25, 0.3) is 6.43 Å². The third-order valence-corrected chi connectivity index (χ3v) is 5.04. The van der Waals surface area contributed by atoms with Gasteiger partial charge < -0.3 is 4.90 Å². The number of fused-ring (bicyclic) bond motifs is 1. The summed E-state index contributed by atoms with van der Waals surface area (Å²) >= 11 is 0. The predicted octanol–water partition coefficient (Wildman–Crippen LogP) is 3.00. The molecule has 2 heterocycles. The molecular weight excluding hydrogens is 348 g/mol. The van der Waals surface area contributed by atoms with Crippen LogP contribution in [0.25, 0.3) is 5.65 Å². The average Bonchev–Trinajstić information content (AvgIpc) is 3.03. The van der Waals surface area contributed by atoms with E-state index in [1.54, 1.807) is 18.4 Å². The summed E-state index contributed by atoms with van der Waals surface area (Å²) in [5.41, 5.74) is 1.27. The molecule has 132 valence electrons. The minimum absolute atomic E-state index is 0.0595. The van der Waals surface area contributed by atoms with Gasteiger partial charge in [-0.2, -0.15) is 4.52 Å². The van der Waals surface area contributed by atoms with E-state index in [4.69, 9.17) is 0 Å². The average molecular weight is 365 g/mol. The van der Waals surface area contributed by atoms with Gasteiger partial charge in [0.05, 0.1) is 6.04 Å². The van der Waals surface area contributed by atoms with E-state index >= 15 is 0 Å². The van der Waals surface area contributed by atoms with Gasteiger partial charge in [-0.15, -0.1) is 15.3 Å². The second-order valence-electron chi connectivity index (χ2n) is 5.63. The first-order valence-corrected chi connectivity index (χ1v) is 9.11. The van der Waals surface area contributed by atoms with Gasteiger partial charge >= 0.3 is 0 Å². The van der Waals surface area contributed by atoms with Gasteiger partial charge in [-0.1, -0.05) is 12.1 Å². The number of hydrogen-bond acceptors (Lipinski definition) is 5. The van der Waals surface area contributed by atoms with Gasteiger partial charge in [0.2, 0.25) is 5.82 Å². The Labute approximate surface area is 145 Å². The van der Waals surface area contributed by atoms with Crippen LogP contribution < -0.4 is 4.90 Å². The molecule has 2 aromatic heterocycles. The zero-order chi connectivity index (χ0) is 18.1. The minimum Gasteiger partial charge on any atom is -0.351 e. The van der Waals surface area contributed by atoms with E-state index in [1.807, 2.05) is 43.1 Å². The monoisotopic (exact) mass is 365 g/mol. The smallest absolute Gasteiger partial charge is 0.299 e. The number of aromatic nitrogens is 4. The molecule has 0 radical (unpaired) electrons. The van der Waals surface area contributed by atoms with Crippen molar-refractivity contribution >= 4 is 22.3 Å². The summed E-state index contributed by atoms with van der Waals surface area (Å²) in [7, 11) is 0.801. The Morgan fingerprint density at radius 2 is 1.80 bits per heavy atom. The molecule has 0 saturated heterocycles. The van der Waals surface area contributed by atoms with E-state index in [0.717, 1.165) is 15.0 Å². The lowest BCUT2D eigenvalue weighted by Gasteiger charge is -2.26. The van der Waals surface area contributed by atoms with E-state index in [-0.39, 0.29) is 11.7 Å². The largest absolute Gasteiger partial charge is 0.351 e.